The first kappa shape index (κ1) is 11.9. The molecule has 2 saturated carbocycles. The number of quaternary nitrogens is 1. The second kappa shape index (κ2) is 3.20. The molecule has 0 spiro atoms. The summed E-state index contributed by atoms with van der Waals surface area (Å²) in [6, 6.07) is 0.290. The molecular formula is C10H19BrNO2S+. The van der Waals surface area contributed by atoms with Gasteiger partial charge in [-0.3, -0.25) is 0 Å². The molecule has 0 radical (unpaired) electrons. The third-order valence-electron chi connectivity index (χ3n) is 5.02. The fourth-order valence-electron chi connectivity index (χ4n) is 3.92. The molecule has 0 aromatic heterocycles. The summed E-state index contributed by atoms with van der Waals surface area (Å²) in [6.07, 6.45) is 3.28. The van der Waals surface area contributed by atoms with Crippen molar-refractivity contribution in [2.75, 3.05) is 5.75 Å². The van der Waals surface area contributed by atoms with Crippen LogP contribution in [0.15, 0.2) is 0 Å². The molecule has 0 heterocycles. The molecule has 3 N–H and O–H groups in total. The van der Waals surface area contributed by atoms with Gasteiger partial charge in [0.1, 0.15) is 0 Å². The Labute approximate surface area is 98.9 Å². The van der Waals surface area contributed by atoms with Crippen molar-refractivity contribution < 1.29 is 14.2 Å². The molecule has 2 aliphatic rings. The predicted octanol–water partition coefficient (Wildman–Crippen LogP) is 1.15. The summed E-state index contributed by atoms with van der Waals surface area (Å²) in [5, 5.41) is 0. The lowest BCUT2D eigenvalue weighted by molar-refractivity contribution is -0.446. The minimum Gasteiger partial charge on any atom is -0.355 e. The van der Waals surface area contributed by atoms with Crippen LogP contribution in [0.1, 0.15) is 33.1 Å². The summed E-state index contributed by atoms with van der Waals surface area (Å²) in [5.41, 5.74) is 4.21. The van der Waals surface area contributed by atoms with Gasteiger partial charge in [0.05, 0.1) is 26.6 Å². The van der Waals surface area contributed by atoms with E-state index in [2.05, 4.69) is 34.4 Å². The van der Waals surface area contributed by atoms with Gasteiger partial charge in [0.2, 0.25) is 8.27 Å². The summed E-state index contributed by atoms with van der Waals surface area (Å²) in [5.74, 6) is 0.909. The van der Waals surface area contributed by atoms with Gasteiger partial charge in [0, 0.05) is 11.8 Å². The van der Waals surface area contributed by atoms with Crippen LogP contribution in [0.25, 0.3) is 0 Å². The highest BCUT2D eigenvalue weighted by Crippen LogP contribution is 2.65. The van der Waals surface area contributed by atoms with E-state index in [0.29, 0.717) is 12.0 Å². The maximum absolute atomic E-state index is 11.5. The first-order chi connectivity index (χ1) is 6.69. The lowest BCUT2D eigenvalue weighted by Gasteiger charge is -2.38. The molecule has 2 fully saturated rings. The number of hydrogen-bond acceptors (Lipinski definition) is 2. The van der Waals surface area contributed by atoms with Gasteiger partial charge in [-0.15, -0.1) is 0 Å². The standard InChI is InChI=1S/C10H18BrNO2S/c1-9(2)7-3-4-10(9,8(12)5-7)6-15(11,13)14/h7-8H,3-6,12H2,1-2H3/p+1. The molecule has 0 amide bonds. The second-order valence-electron chi connectivity index (χ2n) is 5.73. The Kier molecular flexibility index (Phi) is 2.53. The summed E-state index contributed by atoms with van der Waals surface area (Å²) in [6.45, 7) is 4.43. The van der Waals surface area contributed by atoms with Crippen molar-refractivity contribution >= 4 is 23.1 Å². The van der Waals surface area contributed by atoms with E-state index < -0.39 is 8.27 Å². The number of fused-ring (bicyclic) bond motifs is 2. The number of rotatable bonds is 2. The molecule has 0 saturated heterocycles. The van der Waals surface area contributed by atoms with Gasteiger partial charge in [-0.1, -0.05) is 13.8 Å². The van der Waals surface area contributed by atoms with Crippen LogP contribution in [0.5, 0.6) is 0 Å². The second-order valence-corrected chi connectivity index (χ2v) is 10.1. The molecule has 0 aliphatic heterocycles. The number of hydrogen-bond donors (Lipinski definition) is 1. The Morgan fingerprint density at radius 2 is 2.07 bits per heavy atom. The Morgan fingerprint density at radius 3 is 2.40 bits per heavy atom. The van der Waals surface area contributed by atoms with Gasteiger partial charge in [-0.2, -0.15) is 0 Å². The highest BCUT2D eigenvalue weighted by molar-refractivity contribution is 9.47. The molecule has 88 valence electrons. The fraction of sp³-hybridized carbons (Fsp3) is 1.00. The van der Waals surface area contributed by atoms with E-state index in [-0.39, 0.29) is 16.6 Å². The summed E-state index contributed by atoms with van der Waals surface area (Å²) >= 11 is 2.81. The van der Waals surface area contributed by atoms with Gasteiger partial charge < -0.3 is 5.73 Å². The monoisotopic (exact) mass is 296 g/mol. The van der Waals surface area contributed by atoms with Crippen molar-refractivity contribution in [2.24, 2.45) is 16.7 Å². The van der Waals surface area contributed by atoms with E-state index in [1.807, 2.05) is 0 Å². The SMILES string of the molecule is CC1(C)C2CCC1(CS(=O)(=O)Br)C([NH3+])C2. The van der Waals surface area contributed by atoms with Crippen LogP contribution in [-0.2, 0) is 8.27 Å². The molecule has 2 aliphatic carbocycles. The summed E-state index contributed by atoms with van der Waals surface area (Å²) in [7, 11) is -3.08. The lowest BCUT2D eigenvalue weighted by Crippen LogP contribution is -2.69. The van der Waals surface area contributed by atoms with Crippen LogP contribution >= 0.6 is 14.8 Å². The lowest BCUT2D eigenvalue weighted by atomic mass is 9.69. The van der Waals surface area contributed by atoms with Crippen molar-refractivity contribution in [1.82, 2.24) is 0 Å². The Hall–Kier alpha value is 0.390. The van der Waals surface area contributed by atoms with Crippen LogP contribution in [0.4, 0.5) is 0 Å². The highest BCUT2D eigenvalue weighted by atomic mass is 79.9. The van der Waals surface area contributed by atoms with Crippen LogP contribution in [-0.4, -0.2) is 20.2 Å². The predicted molar refractivity (Wildman–Crippen MR) is 62.9 cm³/mol. The van der Waals surface area contributed by atoms with Gasteiger partial charge in [0.15, 0.2) is 0 Å². The van der Waals surface area contributed by atoms with Crippen molar-refractivity contribution in [3.63, 3.8) is 0 Å². The maximum atomic E-state index is 11.5. The van der Waals surface area contributed by atoms with E-state index in [0.717, 1.165) is 12.8 Å². The molecule has 15 heavy (non-hydrogen) atoms. The third kappa shape index (κ3) is 1.58. The molecular weight excluding hydrogens is 278 g/mol. The van der Waals surface area contributed by atoms with E-state index in [9.17, 15) is 8.42 Å². The molecule has 3 unspecified atom stereocenters. The molecule has 0 aromatic rings. The molecule has 2 rings (SSSR count). The molecule has 3 nitrogen and oxygen atoms in total. The highest BCUT2D eigenvalue weighted by Gasteiger charge is 2.66. The normalized spacial score (nSPS) is 43.5. The van der Waals surface area contributed by atoms with E-state index >= 15 is 0 Å². The Bertz CT molecular complexity index is 379. The first-order valence-corrected chi connectivity index (χ1v) is 8.94. The van der Waals surface area contributed by atoms with Crippen LogP contribution in [0.3, 0.4) is 0 Å². The van der Waals surface area contributed by atoms with Crippen molar-refractivity contribution in [3.05, 3.63) is 0 Å². The Morgan fingerprint density at radius 1 is 1.47 bits per heavy atom. The quantitative estimate of drug-likeness (QED) is 0.777. The molecule has 3 atom stereocenters. The topological polar surface area (TPSA) is 61.8 Å². The summed E-state index contributed by atoms with van der Waals surface area (Å²) in [4.78, 5) is 0. The fourth-order valence-corrected chi connectivity index (χ4v) is 6.51. The molecule has 2 bridgehead atoms. The van der Waals surface area contributed by atoms with Gasteiger partial charge in [0.25, 0.3) is 0 Å². The minimum absolute atomic E-state index is 0.0972. The average molecular weight is 297 g/mol. The largest absolute Gasteiger partial charge is 0.355 e. The van der Waals surface area contributed by atoms with Crippen molar-refractivity contribution in [1.29, 1.82) is 0 Å². The summed E-state index contributed by atoms with van der Waals surface area (Å²) < 4.78 is 23.0. The first-order valence-electron chi connectivity index (χ1n) is 5.44. The van der Waals surface area contributed by atoms with Gasteiger partial charge in [-0.05, 0) is 24.2 Å². The third-order valence-corrected chi connectivity index (χ3v) is 6.57. The van der Waals surface area contributed by atoms with E-state index in [4.69, 9.17) is 0 Å². The maximum Gasteiger partial charge on any atom is 0.210 e. The molecule has 0 aromatic carbocycles. The zero-order valence-corrected chi connectivity index (χ0v) is 11.7. The van der Waals surface area contributed by atoms with Crippen molar-refractivity contribution in [2.45, 2.75) is 39.2 Å². The van der Waals surface area contributed by atoms with Gasteiger partial charge >= 0.3 is 0 Å². The molecule has 5 heteroatoms. The van der Waals surface area contributed by atoms with Gasteiger partial charge in [-0.25, -0.2) is 8.42 Å². The van der Waals surface area contributed by atoms with E-state index in [1.165, 1.54) is 6.42 Å². The zero-order chi connectivity index (χ0) is 11.5. The number of halogens is 1. The van der Waals surface area contributed by atoms with Crippen molar-refractivity contribution in [3.8, 4) is 0 Å². The smallest absolute Gasteiger partial charge is 0.210 e. The van der Waals surface area contributed by atoms with Crippen LogP contribution in [0, 0.1) is 16.7 Å². The van der Waals surface area contributed by atoms with Crippen LogP contribution < -0.4 is 5.73 Å². The minimum atomic E-state index is -3.08. The van der Waals surface area contributed by atoms with Crippen LogP contribution in [0.2, 0.25) is 0 Å². The Balaban J connectivity index is 2.40. The average Bonchev–Trinajstić information content (AvgIpc) is 2.34. The van der Waals surface area contributed by atoms with E-state index in [1.54, 1.807) is 0 Å². The zero-order valence-electron chi connectivity index (χ0n) is 9.29.